The molecular formula is C21H25NO6S. The topological polar surface area (TPSA) is 91.7 Å². The average Bonchev–Trinajstić information content (AvgIpc) is 3.18. The summed E-state index contributed by atoms with van der Waals surface area (Å²) in [5.74, 6) is -0.639. The van der Waals surface area contributed by atoms with Crippen LogP contribution < -0.4 is 0 Å². The van der Waals surface area contributed by atoms with Crippen LogP contribution in [0.1, 0.15) is 50.1 Å². The Morgan fingerprint density at radius 1 is 1.21 bits per heavy atom. The maximum Gasteiger partial charge on any atom is 0.338 e. The van der Waals surface area contributed by atoms with Gasteiger partial charge in [0.1, 0.15) is 0 Å². The number of hydrogen-bond acceptors (Lipinski definition) is 6. The van der Waals surface area contributed by atoms with Gasteiger partial charge in [-0.2, -0.15) is 0 Å². The van der Waals surface area contributed by atoms with Gasteiger partial charge < -0.3 is 14.0 Å². The fourth-order valence-electron chi connectivity index (χ4n) is 3.85. The molecule has 1 aromatic carbocycles. The molecule has 7 nitrogen and oxygen atoms in total. The number of esters is 1. The molecule has 0 spiro atoms. The summed E-state index contributed by atoms with van der Waals surface area (Å²) < 4.78 is 35.8. The molecule has 3 rings (SSSR count). The van der Waals surface area contributed by atoms with Crippen molar-refractivity contribution in [3.05, 3.63) is 58.4 Å². The molecule has 0 saturated carbocycles. The molecule has 0 aliphatic carbocycles. The summed E-state index contributed by atoms with van der Waals surface area (Å²) in [4.78, 5) is 24.9. The van der Waals surface area contributed by atoms with Gasteiger partial charge in [0.2, 0.25) is 5.78 Å². The lowest BCUT2D eigenvalue weighted by atomic mass is 10.1. The van der Waals surface area contributed by atoms with Gasteiger partial charge in [-0.25, -0.2) is 13.2 Å². The van der Waals surface area contributed by atoms with Crippen LogP contribution in [0.5, 0.6) is 0 Å². The van der Waals surface area contributed by atoms with Crippen LogP contribution in [-0.2, 0) is 25.9 Å². The number of methoxy groups -OCH3 is 1. The highest BCUT2D eigenvalue weighted by atomic mass is 32.2. The summed E-state index contributed by atoms with van der Waals surface area (Å²) in [6.07, 6.45) is 0.541. The van der Waals surface area contributed by atoms with Crippen molar-refractivity contribution in [2.75, 3.05) is 25.2 Å². The van der Waals surface area contributed by atoms with Gasteiger partial charge in [-0.15, -0.1) is 0 Å². The van der Waals surface area contributed by atoms with Crippen LogP contribution in [0.3, 0.4) is 0 Å². The number of Topliss-reactive ketones (excluding diaryl/α,β-unsaturated/α-hetero) is 1. The largest absolute Gasteiger partial charge is 0.454 e. The zero-order valence-electron chi connectivity index (χ0n) is 16.8. The number of carbonyl (C=O) groups excluding carboxylic acids is 2. The van der Waals surface area contributed by atoms with Gasteiger partial charge in [-0.1, -0.05) is 12.1 Å². The van der Waals surface area contributed by atoms with E-state index in [1.807, 2.05) is 17.6 Å². The number of carbonyl (C=O) groups is 2. The molecule has 1 saturated heterocycles. The molecule has 0 amide bonds. The number of aromatic nitrogens is 1. The van der Waals surface area contributed by atoms with Crippen molar-refractivity contribution in [2.24, 2.45) is 0 Å². The lowest BCUT2D eigenvalue weighted by Crippen LogP contribution is -2.17. The summed E-state index contributed by atoms with van der Waals surface area (Å²) in [5.41, 5.74) is 3.17. The highest BCUT2D eigenvalue weighted by Crippen LogP contribution is 2.29. The molecule has 0 N–H and O–H groups in total. The van der Waals surface area contributed by atoms with Crippen LogP contribution >= 0.6 is 0 Å². The Morgan fingerprint density at radius 3 is 2.62 bits per heavy atom. The highest BCUT2D eigenvalue weighted by molar-refractivity contribution is 7.91. The van der Waals surface area contributed by atoms with Gasteiger partial charge in [0, 0.05) is 30.1 Å². The second-order valence-electron chi connectivity index (χ2n) is 7.34. The number of nitrogens with zero attached hydrogens (tertiary/aromatic N) is 1. The van der Waals surface area contributed by atoms with Crippen molar-refractivity contribution in [2.45, 2.75) is 32.9 Å². The molecule has 1 aliphatic rings. The molecule has 1 aliphatic heterocycles. The Morgan fingerprint density at radius 2 is 1.97 bits per heavy atom. The Labute approximate surface area is 170 Å². The first-order valence-electron chi connectivity index (χ1n) is 9.39. The van der Waals surface area contributed by atoms with Crippen molar-refractivity contribution >= 4 is 21.6 Å². The van der Waals surface area contributed by atoms with Crippen LogP contribution in [0.15, 0.2) is 30.3 Å². The number of aryl methyl sites for hydroxylation is 1. The summed E-state index contributed by atoms with van der Waals surface area (Å²) in [6, 6.07) is 8.43. The van der Waals surface area contributed by atoms with Crippen molar-refractivity contribution < 1.29 is 27.5 Å². The normalized spacial score (nSPS) is 18.0. The van der Waals surface area contributed by atoms with Gasteiger partial charge in [-0.3, -0.25) is 4.79 Å². The second-order valence-corrected chi connectivity index (χ2v) is 9.57. The Hall–Kier alpha value is -2.45. The van der Waals surface area contributed by atoms with Gasteiger partial charge in [0.15, 0.2) is 16.4 Å². The van der Waals surface area contributed by atoms with Crippen LogP contribution in [0.4, 0.5) is 0 Å². The van der Waals surface area contributed by atoms with Crippen molar-refractivity contribution in [3.8, 4) is 0 Å². The number of sulfone groups is 1. The van der Waals surface area contributed by atoms with Crippen LogP contribution in [0.25, 0.3) is 0 Å². The summed E-state index contributed by atoms with van der Waals surface area (Å²) in [6.45, 7) is 3.65. The van der Waals surface area contributed by atoms with Crippen LogP contribution in [0.2, 0.25) is 0 Å². The Kier molecular flexibility index (Phi) is 6.24. The third-order valence-electron chi connectivity index (χ3n) is 5.17. The van der Waals surface area contributed by atoms with E-state index in [0.717, 1.165) is 11.3 Å². The van der Waals surface area contributed by atoms with E-state index in [0.29, 0.717) is 29.8 Å². The minimum atomic E-state index is -3.03. The quantitative estimate of drug-likeness (QED) is 0.506. The molecule has 29 heavy (non-hydrogen) atoms. The summed E-state index contributed by atoms with van der Waals surface area (Å²) >= 11 is 0. The summed E-state index contributed by atoms with van der Waals surface area (Å²) in [5, 5.41) is 0. The predicted molar refractivity (Wildman–Crippen MR) is 108 cm³/mol. The standard InChI is InChI=1S/C21H25NO6S/c1-14-9-19(15(2)22(14)18-7-8-29(25,26)13-18)20(23)12-28-21(24)17-6-4-5-16(10-17)11-27-3/h4-6,9-10,18H,7-8,11-13H2,1-3H3. The Balaban J connectivity index is 1.69. The third kappa shape index (κ3) is 4.76. The van der Waals surface area contributed by atoms with E-state index >= 15 is 0 Å². The molecule has 1 unspecified atom stereocenters. The van der Waals surface area contributed by atoms with Gasteiger partial charge >= 0.3 is 5.97 Å². The van der Waals surface area contributed by atoms with Crippen molar-refractivity contribution in [1.82, 2.24) is 4.57 Å². The highest BCUT2D eigenvalue weighted by Gasteiger charge is 2.31. The zero-order chi connectivity index (χ0) is 21.2. The first-order chi connectivity index (χ1) is 13.7. The van der Waals surface area contributed by atoms with E-state index in [2.05, 4.69) is 0 Å². The molecule has 8 heteroatoms. The smallest absolute Gasteiger partial charge is 0.338 e. The molecule has 1 fully saturated rings. The number of ether oxygens (including phenoxy) is 2. The molecular weight excluding hydrogens is 394 g/mol. The van der Waals surface area contributed by atoms with Gasteiger partial charge in [-0.05, 0) is 44.0 Å². The van der Waals surface area contributed by atoms with E-state index in [1.165, 1.54) is 0 Å². The molecule has 1 aromatic heterocycles. The van der Waals surface area contributed by atoms with E-state index in [4.69, 9.17) is 9.47 Å². The lowest BCUT2D eigenvalue weighted by molar-refractivity contribution is 0.0474. The average molecular weight is 419 g/mol. The second kappa shape index (κ2) is 8.51. The maximum absolute atomic E-state index is 12.6. The van der Waals surface area contributed by atoms with Crippen LogP contribution in [-0.4, -0.2) is 50.0 Å². The van der Waals surface area contributed by atoms with Gasteiger partial charge in [0.25, 0.3) is 0 Å². The lowest BCUT2D eigenvalue weighted by Gasteiger charge is -2.16. The van der Waals surface area contributed by atoms with Crippen molar-refractivity contribution in [3.63, 3.8) is 0 Å². The third-order valence-corrected chi connectivity index (χ3v) is 6.92. The zero-order valence-corrected chi connectivity index (χ0v) is 17.6. The SMILES string of the molecule is COCc1cccc(C(=O)OCC(=O)c2cc(C)n(C3CCS(=O)(=O)C3)c2C)c1. The molecule has 1 atom stereocenters. The Bertz CT molecular complexity index is 1040. The van der Waals surface area contributed by atoms with Crippen LogP contribution in [0, 0.1) is 13.8 Å². The summed E-state index contributed by atoms with van der Waals surface area (Å²) in [7, 11) is -1.46. The first-order valence-corrected chi connectivity index (χ1v) is 11.2. The number of ketones is 1. The molecule has 0 bridgehead atoms. The molecule has 156 valence electrons. The minimum Gasteiger partial charge on any atom is -0.454 e. The molecule has 2 heterocycles. The first kappa shape index (κ1) is 21.3. The number of benzene rings is 1. The molecule has 0 radical (unpaired) electrons. The van der Waals surface area contributed by atoms with Crippen molar-refractivity contribution in [1.29, 1.82) is 0 Å². The van der Waals surface area contributed by atoms with E-state index in [9.17, 15) is 18.0 Å². The monoisotopic (exact) mass is 419 g/mol. The molecule has 2 aromatic rings. The van der Waals surface area contributed by atoms with E-state index in [1.54, 1.807) is 38.3 Å². The van der Waals surface area contributed by atoms with Gasteiger partial charge in [0.05, 0.1) is 23.7 Å². The van der Waals surface area contributed by atoms with E-state index in [-0.39, 0.29) is 29.9 Å². The minimum absolute atomic E-state index is 0.0871. The maximum atomic E-state index is 12.6. The fraction of sp³-hybridized carbons (Fsp3) is 0.429. The number of hydrogen-bond donors (Lipinski definition) is 0. The fourth-order valence-corrected chi connectivity index (χ4v) is 5.55. The number of rotatable bonds is 7. The predicted octanol–water partition coefficient (Wildman–Crippen LogP) is 2.65. The van der Waals surface area contributed by atoms with E-state index < -0.39 is 15.8 Å².